The van der Waals surface area contributed by atoms with Gasteiger partial charge in [0.15, 0.2) is 0 Å². The average Bonchev–Trinajstić information content (AvgIpc) is 3.02. The standard InChI is InChI=1S/C17H22N2O3/c1-2-22-16-8-7-15(12-14(16)13-20)18-17(21)6-5-11-19-9-3-4-10-19/h3-4,7-10,12,20H,2,5-6,11,13H2,1H3,(H,18,21). The highest BCUT2D eigenvalue weighted by atomic mass is 16.5. The van der Waals surface area contributed by atoms with Crippen molar-refractivity contribution in [1.82, 2.24) is 4.57 Å². The lowest BCUT2D eigenvalue weighted by atomic mass is 10.2. The molecule has 1 aromatic carbocycles. The maximum Gasteiger partial charge on any atom is 0.224 e. The van der Waals surface area contributed by atoms with Gasteiger partial charge in [0.1, 0.15) is 5.75 Å². The van der Waals surface area contributed by atoms with Crippen LogP contribution in [0.25, 0.3) is 0 Å². The molecule has 0 bridgehead atoms. The third-order valence-electron chi connectivity index (χ3n) is 3.30. The van der Waals surface area contributed by atoms with Gasteiger partial charge in [-0.2, -0.15) is 0 Å². The maximum absolute atomic E-state index is 11.9. The molecule has 2 N–H and O–H groups in total. The molecule has 22 heavy (non-hydrogen) atoms. The summed E-state index contributed by atoms with van der Waals surface area (Å²) in [7, 11) is 0. The van der Waals surface area contributed by atoms with Crippen molar-refractivity contribution in [3.05, 3.63) is 48.3 Å². The van der Waals surface area contributed by atoms with Crippen LogP contribution >= 0.6 is 0 Å². The number of hydrogen-bond donors (Lipinski definition) is 2. The number of aromatic nitrogens is 1. The minimum absolute atomic E-state index is 0.0276. The second-order valence-corrected chi connectivity index (χ2v) is 4.99. The van der Waals surface area contributed by atoms with Crippen LogP contribution in [0.15, 0.2) is 42.7 Å². The fourth-order valence-corrected chi connectivity index (χ4v) is 2.24. The zero-order valence-corrected chi connectivity index (χ0v) is 12.8. The Kier molecular flexibility index (Phi) is 6.03. The number of ether oxygens (including phenoxy) is 1. The topological polar surface area (TPSA) is 63.5 Å². The van der Waals surface area contributed by atoms with Crippen LogP contribution in [0.4, 0.5) is 5.69 Å². The molecule has 1 aromatic heterocycles. The number of carbonyl (C=O) groups is 1. The summed E-state index contributed by atoms with van der Waals surface area (Å²) in [6.07, 6.45) is 5.21. The summed E-state index contributed by atoms with van der Waals surface area (Å²) in [4.78, 5) is 11.9. The highest BCUT2D eigenvalue weighted by Crippen LogP contribution is 2.23. The molecule has 0 aliphatic heterocycles. The molecule has 0 saturated heterocycles. The molecule has 0 aliphatic rings. The second kappa shape index (κ2) is 8.24. The molecular weight excluding hydrogens is 280 g/mol. The fourth-order valence-electron chi connectivity index (χ4n) is 2.24. The Morgan fingerprint density at radius 2 is 2.09 bits per heavy atom. The number of anilines is 1. The van der Waals surface area contributed by atoms with Crippen LogP contribution in [0, 0.1) is 0 Å². The highest BCUT2D eigenvalue weighted by molar-refractivity contribution is 5.90. The van der Waals surface area contributed by atoms with Gasteiger partial charge < -0.3 is 19.7 Å². The summed E-state index contributed by atoms with van der Waals surface area (Å²) >= 11 is 0. The summed E-state index contributed by atoms with van der Waals surface area (Å²) in [6.45, 7) is 3.14. The van der Waals surface area contributed by atoms with Crippen LogP contribution < -0.4 is 10.1 Å². The fraction of sp³-hybridized carbons (Fsp3) is 0.353. The molecule has 0 saturated carbocycles. The monoisotopic (exact) mass is 302 g/mol. The smallest absolute Gasteiger partial charge is 0.224 e. The lowest BCUT2D eigenvalue weighted by Crippen LogP contribution is -2.12. The third-order valence-corrected chi connectivity index (χ3v) is 3.30. The third kappa shape index (κ3) is 4.63. The van der Waals surface area contributed by atoms with Gasteiger partial charge in [0.2, 0.25) is 5.91 Å². The van der Waals surface area contributed by atoms with E-state index in [1.54, 1.807) is 18.2 Å². The summed E-state index contributed by atoms with van der Waals surface area (Å²) < 4.78 is 7.47. The van der Waals surface area contributed by atoms with Gasteiger partial charge in [0.25, 0.3) is 0 Å². The Balaban J connectivity index is 1.85. The highest BCUT2D eigenvalue weighted by Gasteiger charge is 2.07. The summed E-state index contributed by atoms with van der Waals surface area (Å²) in [5.74, 6) is 0.621. The summed E-state index contributed by atoms with van der Waals surface area (Å²) in [6, 6.07) is 9.24. The minimum Gasteiger partial charge on any atom is -0.494 e. The van der Waals surface area contributed by atoms with Crippen molar-refractivity contribution in [3.63, 3.8) is 0 Å². The second-order valence-electron chi connectivity index (χ2n) is 4.99. The number of carbonyl (C=O) groups excluding carboxylic acids is 1. The van der Waals surface area contributed by atoms with Crippen LogP contribution in [-0.4, -0.2) is 22.2 Å². The lowest BCUT2D eigenvalue weighted by Gasteiger charge is -2.11. The van der Waals surface area contributed by atoms with Crippen molar-refractivity contribution >= 4 is 11.6 Å². The largest absolute Gasteiger partial charge is 0.494 e. The first-order valence-corrected chi connectivity index (χ1v) is 7.50. The number of aliphatic hydroxyl groups is 1. The number of amides is 1. The minimum atomic E-state index is -0.118. The van der Waals surface area contributed by atoms with Crippen molar-refractivity contribution in [2.75, 3.05) is 11.9 Å². The van der Waals surface area contributed by atoms with E-state index in [4.69, 9.17) is 4.74 Å². The normalized spacial score (nSPS) is 10.5. The van der Waals surface area contributed by atoms with Gasteiger partial charge in [-0.05, 0) is 43.7 Å². The Morgan fingerprint density at radius 3 is 2.77 bits per heavy atom. The summed E-state index contributed by atoms with van der Waals surface area (Å²) in [5, 5.41) is 12.2. The van der Waals surface area contributed by atoms with Crippen LogP contribution in [0.3, 0.4) is 0 Å². The molecule has 2 rings (SSSR count). The van der Waals surface area contributed by atoms with Crippen molar-refractivity contribution in [3.8, 4) is 5.75 Å². The van der Waals surface area contributed by atoms with Gasteiger partial charge in [-0.25, -0.2) is 0 Å². The number of rotatable bonds is 8. The van der Waals surface area contributed by atoms with E-state index in [1.807, 2.05) is 36.0 Å². The van der Waals surface area contributed by atoms with Crippen LogP contribution in [0.1, 0.15) is 25.3 Å². The molecule has 1 heterocycles. The van der Waals surface area contributed by atoms with Gasteiger partial charge in [-0.1, -0.05) is 0 Å². The molecular formula is C17H22N2O3. The predicted octanol–water partition coefficient (Wildman–Crippen LogP) is 2.80. The number of aliphatic hydroxyl groups excluding tert-OH is 1. The molecule has 2 aromatic rings. The zero-order valence-electron chi connectivity index (χ0n) is 12.8. The first kappa shape index (κ1) is 16.1. The lowest BCUT2D eigenvalue weighted by molar-refractivity contribution is -0.116. The van der Waals surface area contributed by atoms with Crippen molar-refractivity contribution < 1.29 is 14.6 Å². The Labute approximate surface area is 130 Å². The first-order valence-electron chi connectivity index (χ1n) is 7.50. The molecule has 0 unspecified atom stereocenters. The molecule has 0 radical (unpaired) electrons. The molecule has 0 atom stereocenters. The molecule has 0 fully saturated rings. The number of nitrogens with one attached hydrogen (secondary N) is 1. The number of nitrogens with zero attached hydrogens (tertiary/aromatic N) is 1. The number of hydrogen-bond acceptors (Lipinski definition) is 3. The van der Waals surface area contributed by atoms with Crippen LogP contribution in [0.5, 0.6) is 5.75 Å². The van der Waals surface area contributed by atoms with E-state index in [-0.39, 0.29) is 12.5 Å². The number of aryl methyl sites for hydroxylation is 1. The van der Waals surface area contributed by atoms with E-state index in [2.05, 4.69) is 5.32 Å². The quantitative estimate of drug-likeness (QED) is 0.788. The van der Waals surface area contributed by atoms with Crippen LogP contribution in [-0.2, 0) is 17.9 Å². The van der Waals surface area contributed by atoms with Crippen LogP contribution in [0.2, 0.25) is 0 Å². The maximum atomic E-state index is 11.9. The Morgan fingerprint density at radius 1 is 1.32 bits per heavy atom. The SMILES string of the molecule is CCOc1ccc(NC(=O)CCCn2cccc2)cc1CO. The van der Waals surface area contributed by atoms with E-state index >= 15 is 0 Å². The molecule has 0 spiro atoms. The Hall–Kier alpha value is -2.27. The van der Waals surface area contributed by atoms with Gasteiger partial charge in [-0.3, -0.25) is 4.79 Å². The van der Waals surface area contributed by atoms with E-state index < -0.39 is 0 Å². The Bertz CT molecular complexity index is 594. The average molecular weight is 302 g/mol. The predicted molar refractivity (Wildman–Crippen MR) is 85.8 cm³/mol. The molecule has 1 amide bonds. The van der Waals surface area contributed by atoms with E-state index in [0.29, 0.717) is 30.0 Å². The number of benzene rings is 1. The first-order chi connectivity index (χ1) is 10.7. The van der Waals surface area contributed by atoms with Crippen molar-refractivity contribution in [1.29, 1.82) is 0 Å². The van der Waals surface area contributed by atoms with Gasteiger partial charge in [0.05, 0.1) is 13.2 Å². The van der Waals surface area contributed by atoms with E-state index in [0.717, 1.165) is 13.0 Å². The van der Waals surface area contributed by atoms with Crippen molar-refractivity contribution in [2.45, 2.75) is 32.9 Å². The molecule has 5 nitrogen and oxygen atoms in total. The molecule has 118 valence electrons. The summed E-state index contributed by atoms with van der Waals surface area (Å²) in [5.41, 5.74) is 1.35. The van der Waals surface area contributed by atoms with Gasteiger partial charge >= 0.3 is 0 Å². The van der Waals surface area contributed by atoms with Crippen molar-refractivity contribution in [2.24, 2.45) is 0 Å². The van der Waals surface area contributed by atoms with E-state index in [9.17, 15) is 9.90 Å². The van der Waals surface area contributed by atoms with Gasteiger partial charge in [0, 0.05) is 36.6 Å². The van der Waals surface area contributed by atoms with Gasteiger partial charge in [-0.15, -0.1) is 0 Å². The molecule has 5 heteroatoms. The molecule has 0 aliphatic carbocycles. The van der Waals surface area contributed by atoms with E-state index in [1.165, 1.54) is 0 Å². The zero-order chi connectivity index (χ0) is 15.8.